The van der Waals surface area contributed by atoms with Gasteiger partial charge in [-0.05, 0) is 38.1 Å². The monoisotopic (exact) mass is 426 g/mol. The van der Waals surface area contributed by atoms with E-state index in [1.54, 1.807) is 18.3 Å². The van der Waals surface area contributed by atoms with E-state index in [9.17, 15) is 4.79 Å². The van der Waals surface area contributed by atoms with Gasteiger partial charge in [0.05, 0.1) is 30.1 Å². The van der Waals surface area contributed by atoms with E-state index in [2.05, 4.69) is 28.5 Å². The summed E-state index contributed by atoms with van der Waals surface area (Å²) in [5, 5.41) is 6.85. The number of nitrogens with zero attached hydrogens (tertiary/aromatic N) is 4. The first-order valence-corrected chi connectivity index (χ1v) is 10.3. The zero-order valence-electron chi connectivity index (χ0n) is 16.2. The molecule has 0 spiro atoms. The average Bonchev–Trinajstić information content (AvgIpc) is 3.30. The van der Waals surface area contributed by atoms with Crippen LogP contribution >= 0.6 is 23.4 Å². The molecule has 29 heavy (non-hydrogen) atoms. The van der Waals surface area contributed by atoms with Gasteiger partial charge >= 0.3 is 5.97 Å². The number of benzene rings is 1. The van der Waals surface area contributed by atoms with E-state index >= 15 is 0 Å². The molecule has 4 aromatic rings. The first kappa shape index (κ1) is 19.5. The summed E-state index contributed by atoms with van der Waals surface area (Å²) in [4.78, 5) is 17.3. The van der Waals surface area contributed by atoms with Gasteiger partial charge in [0, 0.05) is 39.9 Å². The van der Waals surface area contributed by atoms with Crippen LogP contribution < -0.4 is 0 Å². The standard InChI is InChI=1S/C21H19ClN4O2S/c1-4-25-12-16(11-24-25)26-13(2)20(17-6-5-15(22)10-18(17)26)29-19-9-14(7-8-23-19)21(27)28-3/h5-12H,4H2,1-3H3. The van der Waals surface area contributed by atoms with Gasteiger partial charge in [-0.1, -0.05) is 29.4 Å². The molecule has 0 aliphatic heterocycles. The summed E-state index contributed by atoms with van der Waals surface area (Å²) in [6.07, 6.45) is 5.48. The van der Waals surface area contributed by atoms with Gasteiger partial charge in [0.15, 0.2) is 0 Å². The zero-order valence-corrected chi connectivity index (χ0v) is 17.8. The van der Waals surface area contributed by atoms with E-state index in [0.29, 0.717) is 15.6 Å². The smallest absolute Gasteiger partial charge is 0.337 e. The molecule has 0 unspecified atom stereocenters. The third-order valence-electron chi connectivity index (χ3n) is 4.67. The van der Waals surface area contributed by atoms with Crippen LogP contribution in [0.15, 0.2) is 58.8 Å². The van der Waals surface area contributed by atoms with E-state index in [-0.39, 0.29) is 5.97 Å². The van der Waals surface area contributed by atoms with Gasteiger partial charge in [-0.15, -0.1) is 0 Å². The second kappa shape index (κ2) is 7.93. The Hall–Kier alpha value is -2.77. The lowest BCUT2D eigenvalue weighted by Gasteiger charge is -2.06. The lowest BCUT2D eigenvalue weighted by atomic mass is 10.2. The number of carbonyl (C=O) groups excluding carboxylic acids is 1. The second-order valence-corrected chi connectivity index (χ2v) is 7.91. The first-order chi connectivity index (χ1) is 14.0. The van der Waals surface area contributed by atoms with Gasteiger partial charge in [0.25, 0.3) is 0 Å². The number of pyridine rings is 1. The van der Waals surface area contributed by atoms with Crippen LogP contribution in [0.3, 0.4) is 0 Å². The molecule has 1 aromatic carbocycles. The van der Waals surface area contributed by atoms with Crippen molar-refractivity contribution in [1.82, 2.24) is 19.3 Å². The molecule has 6 nitrogen and oxygen atoms in total. The molecule has 0 saturated carbocycles. The van der Waals surface area contributed by atoms with Crippen LogP contribution in [0.4, 0.5) is 0 Å². The Bertz CT molecular complexity index is 1210. The minimum absolute atomic E-state index is 0.382. The average molecular weight is 427 g/mol. The summed E-state index contributed by atoms with van der Waals surface area (Å²) in [6.45, 7) is 4.91. The highest BCUT2D eigenvalue weighted by Crippen LogP contribution is 2.40. The maximum Gasteiger partial charge on any atom is 0.337 e. The van der Waals surface area contributed by atoms with Crippen LogP contribution in [0.1, 0.15) is 23.0 Å². The molecule has 0 N–H and O–H groups in total. The normalized spacial score (nSPS) is 11.2. The van der Waals surface area contributed by atoms with Crippen molar-refractivity contribution in [2.75, 3.05) is 7.11 Å². The maximum atomic E-state index is 11.9. The van der Waals surface area contributed by atoms with Crippen LogP contribution in [0, 0.1) is 6.92 Å². The van der Waals surface area contributed by atoms with Crippen molar-refractivity contribution in [3.63, 3.8) is 0 Å². The first-order valence-electron chi connectivity index (χ1n) is 9.07. The second-order valence-electron chi connectivity index (χ2n) is 6.44. The third kappa shape index (κ3) is 3.63. The summed E-state index contributed by atoms with van der Waals surface area (Å²) in [5.74, 6) is -0.382. The molecule has 0 saturated heterocycles. The fourth-order valence-electron chi connectivity index (χ4n) is 3.28. The Morgan fingerprint density at radius 3 is 2.83 bits per heavy atom. The van der Waals surface area contributed by atoms with Crippen molar-refractivity contribution in [2.45, 2.75) is 30.3 Å². The number of aromatic nitrogens is 4. The van der Waals surface area contributed by atoms with Crippen LogP contribution in [-0.2, 0) is 11.3 Å². The Kier molecular flexibility index (Phi) is 5.34. The number of hydrogen-bond acceptors (Lipinski definition) is 5. The quantitative estimate of drug-likeness (QED) is 0.413. The molecule has 0 amide bonds. The summed E-state index contributed by atoms with van der Waals surface area (Å²) in [5.41, 5.74) is 3.49. The van der Waals surface area contributed by atoms with Crippen LogP contribution in [0.5, 0.6) is 0 Å². The topological polar surface area (TPSA) is 61.9 Å². The van der Waals surface area contributed by atoms with Crippen molar-refractivity contribution in [1.29, 1.82) is 0 Å². The molecule has 8 heteroatoms. The molecular formula is C21H19ClN4O2S. The van der Waals surface area contributed by atoms with Crippen LogP contribution in [-0.4, -0.2) is 32.4 Å². The number of methoxy groups -OCH3 is 1. The molecular weight excluding hydrogens is 408 g/mol. The van der Waals surface area contributed by atoms with Gasteiger partial charge < -0.3 is 9.30 Å². The van der Waals surface area contributed by atoms with Gasteiger partial charge in [-0.25, -0.2) is 9.78 Å². The summed E-state index contributed by atoms with van der Waals surface area (Å²) in [7, 11) is 1.37. The Balaban J connectivity index is 1.85. The SMILES string of the molecule is CCn1cc(-n2c(C)c(Sc3cc(C(=O)OC)ccn3)c3ccc(Cl)cc32)cn1. The molecule has 0 aliphatic carbocycles. The number of aryl methyl sites for hydroxylation is 1. The number of ether oxygens (including phenoxy) is 1. The molecule has 0 radical (unpaired) electrons. The van der Waals surface area contributed by atoms with E-state index < -0.39 is 0 Å². The molecule has 3 heterocycles. The zero-order chi connectivity index (χ0) is 20.5. The van der Waals surface area contributed by atoms with Gasteiger partial charge in [0.1, 0.15) is 5.03 Å². The summed E-state index contributed by atoms with van der Waals surface area (Å²) in [6, 6.07) is 9.23. The number of hydrogen-bond donors (Lipinski definition) is 0. The lowest BCUT2D eigenvalue weighted by Crippen LogP contribution is -2.01. The number of esters is 1. The Morgan fingerprint density at radius 2 is 2.10 bits per heavy atom. The lowest BCUT2D eigenvalue weighted by molar-refractivity contribution is 0.0600. The molecule has 4 rings (SSSR count). The third-order valence-corrected chi connectivity index (χ3v) is 6.06. The Morgan fingerprint density at radius 1 is 1.28 bits per heavy atom. The number of halogens is 1. The molecule has 0 bridgehead atoms. The van der Waals surface area contributed by atoms with E-state index in [0.717, 1.165) is 33.7 Å². The van der Waals surface area contributed by atoms with Crippen molar-refractivity contribution in [3.8, 4) is 5.69 Å². The predicted molar refractivity (Wildman–Crippen MR) is 114 cm³/mol. The fourth-order valence-corrected chi connectivity index (χ4v) is 4.47. The van der Waals surface area contributed by atoms with E-state index in [1.807, 2.05) is 35.3 Å². The summed E-state index contributed by atoms with van der Waals surface area (Å²) < 4.78 is 8.85. The largest absolute Gasteiger partial charge is 0.465 e. The van der Waals surface area contributed by atoms with Gasteiger partial charge in [-0.2, -0.15) is 5.10 Å². The highest BCUT2D eigenvalue weighted by molar-refractivity contribution is 7.99. The highest BCUT2D eigenvalue weighted by atomic mass is 35.5. The van der Waals surface area contributed by atoms with Gasteiger partial charge in [-0.3, -0.25) is 4.68 Å². The van der Waals surface area contributed by atoms with Crippen LogP contribution in [0.2, 0.25) is 5.02 Å². The number of fused-ring (bicyclic) bond motifs is 1. The molecule has 0 aliphatic rings. The maximum absolute atomic E-state index is 11.9. The molecule has 148 valence electrons. The highest BCUT2D eigenvalue weighted by Gasteiger charge is 2.19. The van der Waals surface area contributed by atoms with Crippen molar-refractivity contribution in [3.05, 3.63) is 65.2 Å². The summed E-state index contributed by atoms with van der Waals surface area (Å²) >= 11 is 7.81. The van der Waals surface area contributed by atoms with E-state index in [1.165, 1.54) is 18.9 Å². The van der Waals surface area contributed by atoms with E-state index in [4.69, 9.17) is 16.3 Å². The van der Waals surface area contributed by atoms with Crippen molar-refractivity contribution >= 4 is 40.2 Å². The predicted octanol–water partition coefficient (Wildman–Crippen LogP) is 5.14. The molecule has 0 atom stereocenters. The number of carbonyl (C=O) groups is 1. The minimum Gasteiger partial charge on any atom is -0.465 e. The fraction of sp³-hybridized carbons (Fsp3) is 0.190. The van der Waals surface area contributed by atoms with Gasteiger partial charge in [0.2, 0.25) is 0 Å². The van der Waals surface area contributed by atoms with Crippen molar-refractivity contribution < 1.29 is 9.53 Å². The minimum atomic E-state index is -0.382. The Labute approximate surface area is 177 Å². The van der Waals surface area contributed by atoms with Crippen molar-refractivity contribution in [2.24, 2.45) is 0 Å². The van der Waals surface area contributed by atoms with Crippen LogP contribution in [0.25, 0.3) is 16.6 Å². The molecule has 0 fully saturated rings. The molecule has 3 aromatic heterocycles. The number of rotatable bonds is 5.